The number of aliphatic hydroxyl groups is 1. The number of phenols is 1. The van der Waals surface area contributed by atoms with Gasteiger partial charge in [0, 0.05) is 11.1 Å². The number of hydrogen-bond donors (Lipinski definition) is 2. The molecule has 2 nitrogen and oxygen atoms in total. The second kappa shape index (κ2) is 5.72. The summed E-state index contributed by atoms with van der Waals surface area (Å²) >= 11 is 0. The van der Waals surface area contributed by atoms with E-state index in [1.54, 1.807) is 0 Å². The van der Waals surface area contributed by atoms with Crippen LogP contribution in [0.1, 0.15) is 16.7 Å². The molecule has 4 aromatic rings. The van der Waals surface area contributed by atoms with Crippen molar-refractivity contribution in [1.82, 2.24) is 0 Å². The van der Waals surface area contributed by atoms with Gasteiger partial charge in [-0.2, -0.15) is 0 Å². The number of fused-ring (bicyclic) bond motifs is 4. The summed E-state index contributed by atoms with van der Waals surface area (Å²) in [7, 11) is 0. The zero-order valence-corrected chi connectivity index (χ0v) is 14.2. The summed E-state index contributed by atoms with van der Waals surface area (Å²) in [6.45, 7) is -0.187. The summed E-state index contributed by atoms with van der Waals surface area (Å²) < 4.78 is 0. The van der Waals surface area contributed by atoms with Crippen molar-refractivity contribution in [2.24, 2.45) is 0 Å². The van der Waals surface area contributed by atoms with Crippen LogP contribution in [0.25, 0.3) is 33.0 Å². The highest BCUT2D eigenvalue weighted by Crippen LogP contribution is 2.42. The molecule has 0 unspecified atom stereocenters. The Morgan fingerprint density at radius 1 is 0.731 bits per heavy atom. The topological polar surface area (TPSA) is 40.5 Å². The molecular formula is C24H18O2. The molecule has 0 aliphatic heterocycles. The first kappa shape index (κ1) is 15.2. The summed E-state index contributed by atoms with van der Waals surface area (Å²) in [5.41, 5.74) is 7.48. The number of aromatic hydroxyl groups is 1. The largest absolute Gasteiger partial charge is 0.507 e. The number of aliphatic hydroxyl groups excluding tert-OH is 1. The van der Waals surface area contributed by atoms with Crippen molar-refractivity contribution in [3.05, 3.63) is 89.5 Å². The zero-order chi connectivity index (χ0) is 17.7. The van der Waals surface area contributed by atoms with Gasteiger partial charge in [-0.1, -0.05) is 60.7 Å². The number of rotatable bonds is 2. The van der Waals surface area contributed by atoms with E-state index in [2.05, 4.69) is 42.5 Å². The smallest absolute Gasteiger partial charge is 0.129 e. The Balaban J connectivity index is 1.74. The molecule has 0 radical (unpaired) electrons. The maximum absolute atomic E-state index is 10.8. The molecule has 0 aromatic heterocycles. The lowest BCUT2D eigenvalue weighted by atomic mass is 9.93. The van der Waals surface area contributed by atoms with E-state index < -0.39 is 0 Å². The number of hydrogen-bond acceptors (Lipinski definition) is 2. The molecule has 2 N–H and O–H groups in total. The van der Waals surface area contributed by atoms with Crippen molar-refractivity contribution < 1.29 is 10.2 Å². The van der Waals surface area contributed by atoms with Crippen LogP contribution in [0.3, 0.4) is 0 Å². The van der Waals surface area contributed by atoms with Crippen molar-refractivity contribution in [2.45, 2.75) is 13.0 Å². The minimum absolute atomic E-state index is 0.164. The van der Waals surface area contributed by atoms with Gasteiger partial charge in [0.05, 0.1) is 6.61 Å². The van der Waals surface area contributed by atoms with Crippen LogP contribution in [0.5, 0.6) is 5.75 Å². The average molecular weight is 338 g/mol. The Morgan fingerprint density at radius 2 is 1.50 bits per heavy atom. The Hall–Kier alpha value is -3.10. The Labute approximate surface area is 152 Å². The van der Waals surface area contributed by atoms with Crippen LogP contribution >= 0.6 is 0 Å². The van der Waals surface area contributed by atoms with Crippen LogP contribution in [0.2, 0.25) is 0 Å². The molecular weight excluding hydrogens is 320 g/mol. The van der Waals surface area contributed by atoms with Gasteiger partial charge in [-0.05, 0) is 57.1 Å². The Bertz CT molecular complexity index is 1160. The molecule has 0 atom stereocenters. The summed E-state index contributed by atoms with van der Waals surface area (Å²) in [5, 5.41) is 22.5. The molecule has 126 valence electrons. The van der Waals surface area contributed by atoms with E-state index in [0.717, 1.165) is 28.3 Å². The van der Waals surface area contributed by atoms with Gasteiger partial charge in [-0.25, -0.2) is 0 Å². The Morgan fingerprint density at radius 3 is 2.38 bits per heavy atom. The molecule has 0 amide bonds. The standard InChI is InChI=1S/C24H18O2/c25-14-23-20-8-4-2-6-16(20)13-22(24(23)26)18-10-9-17-11-15-5-1-3-7-19(15)21(17)12-18/h1-10,12-13,25-26H,11,14H2. The van der Waals surface area contributed by atoms with Crippen molar-refractivity contribution in [2.75, 3.05) is 0 Å². The van der Waals surface area contributed by atoms with Crippen LogP contribution in [0, 0.1) is 0 Å². The summed E-state index contributed by atoms with van der Waals surface area (Å²) in [6, 6.07) is 24.7. The molecule has 26 heavy (non-hydrogen) atoms. The quantitative estimate of drug-likeness (QED) is 0.460. The predicted molar refractivity (Wildman–Crippen MR) is 105 cm³/mol. The highest BCUT2D eigenvalue weighted by molar-refractivity contribution is 5.95. The molecule has 0 saturated carbocycles. The number of benzene rings is 4. The van der Waals surface area contributed by atoms with Crippen LogP contribution < -0.4 is 0 Å². The molecule has 1 aliphatic carbocycles. The molecule has 5 rings (SSSR count). The minimum Gasteiger partial charge on any atom is -0.507 e. The van der Waals surface area contributed by atoms with Gasteiger partial charge >= 0.3 is 0 Å². The maximum atomic E-state index is 10.8. The minimum atomic E-state index is -0.187. The summed E-state index contributed by atoms with van der Waals surface area (Å²) in [4.78, 5) is 0. The Kier molecular flexibility index (Phi) is 3.34. The highest BCUT2D eigenvalue weighted by atomic mass is 16.3. The van der Waals surface area contributed by atoms with Gasteiger partial charge in [0.15, 0.2) is 0 Å². The third kappa shape index (κ3) is 2.16. The molecule has 4 aromatic carbocycles. The van der Waals surface area contributed by atoms with Crippen molar-refractivity contribution >= 4 is 10.8 Å². The second-order valence-electron chi connectivity index (χ2n) is 6.84. The van der Waals surface area contributed by atoms with Crippen molar-refractivity contribution in [3.63, 3.8) is 0 Å². The third-order valence-electron chi connectivity index (χ3n) is 5.39. The first-order valence-electron chi connectivity index (χ1n) is 8.82. The monoisotopic (exact) mass is 338 g/mol. The second-order valence-corrected chi connectivity index (χ2v) is 6.84. The van der Waals surface area contributed by atoms with Gasteiger partial charge in [-0.3, -0.25) is 0 Å². The molecule has 0 fully saturated rings. The highest BCUT2D eigenvalue weighted by Gasteiger charge is 2.20. The van der Waals surface area contributed by atoms with E-state index in [4.69, 9.17) is 0 Å². The molecule has 0 heterocycles. The maximum Gasteiger partial charge on any atom is 0.129 e. The van der Waals surface area contributed by atoms with Crippen molar-refractivity contribution in [1.29, 1.82) is 0 Å². The summed E-state index contributed by atoms with van der Waals surface area (Å²) in [5.74, 6) is 0.164. The molecule has 0 spiro atoms. The lowest BCUT2D eigenvalue weighted by Gasteiger charge is -2.14. The molecule has 0 bridgehead atoms. The van der Waals surface area contributed by atoms with Crippen LogP contribution in [-0.2, 0) is 13.0 Å². The van der Waals surface area contributed by atoms with Crippen LogP contribution in [0.4, 0.5) is 0 Å². The normalized spacial score (nSPS) is 12.2. The lowest BCUT2D eigenvalue weighted by Crippen LogP contribution is -1.91. The van der Waals surface area contributed by atoms with E-state index in [-0.39, 0.29) is 12.4 Å². The SMILES string of the molecule is OCc1c(O)c(-c2ccc3c(c2)-c2ccccc2C3)cc2ccccc12. The van der Waals surface area contributed by atoms with E-state index >= 15 is 0 Å². The fourth-order valence-electron chi connectivity index (χ4n) is 4.08. The van der Waals surface area contributed by atoms with Gasteiger partial charge in [0.1, 0.15) is 5.75 Å². The lowest BCUT2D eigenvalue weighted by molar-refractivity contribution is 0.277. The van der Waals surface area contributed by atoms with E-state index in [1.807, 2.05) is 30.3 Å². The molecule has 0 saturated heterocycles. The van der Waals surface area contributed by atoms with Gasteiger partial charge < -0.3 is 10.2 Å². The summed E-state index contributed by atoms with van der Waals surface area (Å²) in [6.07, 6.45) is 0.956. The fourth-order valence-corrected chi connectivity index (χ4v) is 4.08. The van der Waals surface area contributed by atoms with Gasteiger partial charge in [0.2, 0.25) is 0 Å². The average Bonchev–Trinajstić information content (AvgIpc) is 3.05. The first-order chi connectivity index (χ1) is 12.8. The van der Waals surface area contributed by atoms with E-state index in [9.17, 15) is 10.2 Å². The van der Waals surface area contributed by atoms with Gasteiger partial charge in [0.25, 0.3) is 0 Å². The van der Waals surface area contributed by atoms with E-state index in [0.29, 0.717) is 5.56 Å². The predicted octanol–water partition coefficient (Wildman–Crippen LogP) is 5.28. The van der Waals surface area contributed by atoms with Gasteiger partial charge in [-0.15, -0.1) is 0 Å². The fraction of sp³-hybridized carbons (Fsp3) is 0.0833. The first-order valence-corrected chi connectivity index (χ1v) is 8.82. The van der Waals surface area contributed by atoms with Crippen LogP contribution in [-0.4, -0.2) is 10.2 Å². The van der Waals surface area contributed by atoms with Crippen molar-refractivity contribution in [3.8, 4) is 28.0 Å². The third-order valence-corrected chi connectivity index (χ3v) is 5.39. The zero-order valence-electron chi connectivity index (χ0n) is 14.2. The molecule has 2 heteroatoms. The van der Waals surface area contributed by atoms with Crippen LogP contribution in [0.15, 0.2) is 72.8 Å². The molecule has 1 aliphatic rings. The van der Waals surface area contributed by atoms with E-state index in [1.165, 1.54) is 22.3 Å².